The number of carbonyl (C=O) groups is 2. The first-order chi connectivity index (χ1) is 15.3. The van der Waals surface area contributed by atoms with Crippen molar-refractivity contribution in [3.05, 3.63) is 64.4 Å². The highest BCUT2D eigenvalue weighted by atomic mass is 35.5. The van der Waals surface area contributed by atoms with Crippen LogP contribution in [0.1, 0.15) is 28.8 Å². The van der Waals surface area contributed by atoms with Crippen LogP contribution in [0.4, 0.5) is 4.39 Å². The van der Waals surface area contributed by atoms with E-state index in [1.807, 2.05) is 6.07 Å². The Kier molecular flexibility index (Phi) is 6.50. The summed E-state index contributed by atoms with van der Waals surface area (Å²) in [5, 5.41) is -0.254. The third kappa shape index (κ3) is 4.65. The van der Waals surface area contributed by atoms with Crippen molar-refractivity contribution in [2.75, 3.05) is 32.7 Å². The van der Waals surface area contributed by atoms with Gasteiger partial charge in [0, 0.05) is 51.3 Å². The van der Waals surface area contributed by atoms with Gasteiger partial charge < -0.3 is 9.80 Å². The SMILES string of the molecule is O=C1CCCN1Cc1cccc(C(=O)N2CCN(S(=O)(=O)c3ccc(F)c(Cl)c3)CC2)c1. The van der Waals surface area contributed by atoms with Gasteiger partial charge in [-0.15, -0.1) is 0 Å². The monoisotopic (exact) mass is 479 g/mol. The van der Waals surface area contributed by atoms with E-state index in [1.54, 1.807) is 28.0 Å². The van der Waals surface area contributed by atoms with Gasteiger partial charge in [-0.05, 0) is 42.3 Å². The first kappa shape index (κ1) is 22.7. The van der Waals surface area contributed by atoms with Gasteiger partial charge in [-0.25, -0.2) is 12.8 Å². The Morgan fingerprint density at radius 1 is 1.03 bits per heavy atom. The molecule has 0 aromatic heterocycles. The highest BCUT2D eigenvalue weighted by Gasteiger charge is 2.31. The second-order valence-electron chi connectivity index (χ2n) is 7.89. The molecule has 0 aliphatic carbocycles. The summed E-state index contributed by atoms with van der Waals surface area (Å²) in [5.41, 5.74) is 1.40. The van der Waals surface area contributed by atoms with E-state index >= 15 is 0 Å². The average molecular weight is 480 g/mol. The van der Waals surface area contributed by atoms with Gasteiger partial charge >= 0.3 is 0 Å². The standard InChI is InChI=1S/C22H23ClFN3O4S/c23-19-14-18(6-7-20(19)24)32(30,31)27-11-9-25(10-12-27)22(29)17-4-1-3-16(13-17)15-26-8-2-5-21(26)28/h1,3-4,6-7,13-14H,2,5,8-12,15H2. The fourth-order valence-electron chi connectivity index (χ4n) is 3.99. The molecular formula is C22H23ClFN3O4S. The molecule has 2 saturated heterocycles. The zero-order valence-electron chi connectivity index (χ0n) is 17.3. The molecular weight excluding hydrogens is 457 g/mol. The van der Waals surface area contributed by atoms with Crippen LogP contribution >= 0.6 is 11.6 Å². The molecule has 0 radical (unpaired) electrons. The lowest BCUT2D eigenvalue weighted by Gasteiger charge is -2.34. The zero-order chi connectivity index (χ0) is 22.9. The Morgan fingerprint density at radius 2 is 1.78 bits per heavy atom. The Hall–Kier alpha value is -2.49. The zero-order valence-corrected chi connectivity index (χ0v) is 18.9. The molecule has 0 unspecified atom stereocenters. The smallest absolute Gasteiger partial charge is 0.253 e. The van der Waals surface area contributed by atoms with E-state index in [0.29, 0.717) is 18.5 Å². The maximum Gasteiger partial charge on any atom is 0.253 e. The molecule has 0 N–H and O–H groups in total. The van der Waals surface area contributed by atoms with Gasteiger partial charge in [-0.1, -0.05) is 23.7 Å². The summed E-state index contributed by atoms with van der Waals surface area (Å²) in [4.78, 5) is 28.2. The summed E-state index contributed by atoms with van der Waals surface area (Å²) in [6.07, 6.45) is 1.42. The predicted octanol–water partition coefficient (Wildman–Crippen LogP) is 2.75. The molecule has 0 spiro atoms. The van der Waals surface area contributed by atoms with Crippen LogP contribution in [-0.2, 0) is 21.4 Å². The van der Waals surface area contributed by atoms with E-state index in [4.69, 9.17) is 11.6 Å². The molecule has 0 saturated carbocycles. The van der Waals surface area contributed by atoms with Gasteiger partial charge in [-0.2, -0.15) is 4.31 Å². The number of likely N-dealkylation sites (tertiary alicyclic amines) is 1. The molecule has 2 heterocycles. The maximum absolute atomic E-state index is 13.4. The number of hydrogen-bond acceptors (Lipinski definition) is 4. The third-order valence-corrected chi connectivity index (χ3v) is 7.96. The fraction of sp³-hybridized carbons (Fsp3) is 0.364. The number of carbonyl (C=O) groups excluding carboxylic acids is 2. The van der Waals surface area contributed by atoms with Crippen LogP contribution in [0.3, 0.4) is 0 Å². The van der Waals surface area contributed by atoms with Crippen molar-refractivity contribution in [3.8, 4) is 0 Å². The lowest BCUT2D eigenvalue weighted by Crippen LogP contribution is -2.50. The van der Waals surface area contributed by atoms with E-state index in [-0.39, 0.29) is 47.9 Å². The Bertz CT molecular complexity index is 1150. The van der Waals surface area contributed by atoms with Crippen molar-refractivity contribution in [1.82, 2.24) is 14.1 Å². The predicted molar refractivity (Wildman–Crippen MR) is 117 cm³/mol. The van der Waals surface area contributed by atoms with Crippen molar-refractivity contribution in [3.63, 3.8) is 0 Å². The van der Waals surface area contributed by atoms with Crippen LogP contribution in [-0.4, -0.2) is 67.1 Å². The molecule has 170 valence electrons. The van der Waals surface area contributed by atoms with E-state index in [0.717, 1.165) is 30.7 Å². The Morgan fingerprint density at radius 3 is 2.44 bits per heavy atom. The normalized spacial score (nSPS) is 17.8. The van der Waals surface area contributed by atoms with Gasteiger partial charge in [0.05, 0.1) is 9.92 Å². The molecule has 2 aromatic carbocycles. The summed E-state index contributed by atoms with van der Waals surface area (Å²) < 4.78 is 40.3. The number of hydrogen-bond donors (Lipinski definition) is 0. The van der Waals surface area contributed by atoms with Crippen LogP contribution in [0.15, 0.2) is 47.4 Å². The van der Waals surface area contributed by atoms with Gasteiger partial charge in [0.2, 0.25) is 15.9 Å². The Balaban J connectivity index is 1.41. The molecule has 0 atom stereocenters. The van der Waals surface area contributed by atoms with Crippen molar-refractivity contribution in [2.24, 2.45) is 0 Å². The summed E-state index contributed by atoms with van der Waals surface area (Å²) in [7, 11) is -3.83. The molecule has 32 heavy (non-hydrogen) atoms. The minimum absolute atomic E-state index is 0.0761. The van der Waals surface area contributed by atoms with E-state index in [2.05, 4.69) is 0 Å². The van der Waals surface area contributed by atoms with E-state index < -0.39 is 15.8 Å². The van der Waals surface area contributed by atoms with Gasteiger partial charge in [0.1, 0.15) is 5.82 Å². The highest BCUT2D eigenvalue weighted by molar-refractivity contribution is 7.89. The third-order valence-electron chi connectivity index (χ3n) is 5.77. The maximum atomic E-state index is 13.4. The first-order valence-electron chi connectivity index (χ1n) is 10.4. The summed E-state index contributed by atoms with van der Waals surface area (Å²) in [6.45, 7) is 1.94. The molecule has 10 heteroatoms. The average Bonchev–Trinajstić information content (AvgIpc) is 3.19. The van der Waals surface area contributed by atoms with E-state index in [9.17, 15) is 22.4 Å². The van der Waals surface area contributed by atoms with Gasteiger partial charge in [0.25, 0.3) is 5.91 Å². The number of rotatable bonds is 5. The molecule has 7 nitrogen and oxygen atoms in total. The second kappa shape index (κ2) is 9.17. The number of sulfonamides is 1. The minimum Gasteiger partial charge on any atom is -0.338 e. The quantitative estimate of drug-likeness (QED) is 0.660. The number of halogens is 2. The number of piperazine rings is 1. The fourth-order valence-corrected chi connectivity index (χ4v) is 5.69. The largest absolute Gasteiger partial charge is 0.338 e. The van der Waals surface area contributed by atoms with Crippen molar-refractivity contribution in [2.45, 2.75) is 24.3 Å². The van der Waals surface area contributed by atoms with Gasteiger partial charge in [0.15, 0.2) is 0 Å². The highest BCUT2D eigenvalue weighted by Crippen LogP contribution is 2.24. The molecule has 2 aromatic rings. The van der Waals surface area contributed by atoms with Crippen molar-refractivity contribution >= 4 is 33.4 Å². The van der Waals surface area contributed by atoms with Crippen LogP contribution in [0.5, 0.6) is 0 Å². The molecule has 2 aliphatic heterocycles. The van der Waals surface area contributed by atoms with Crippen molar-refractivity contribution < 1.29 is 22.4 Å². The summed E-state index contributed by atoms with van der Waals surface area (Å²) in [5.74, 6) is -0.736. The first-order valence-corrected chi connectivity index (χ1v) is 12.2. The molecule has 4 rings (SSSR count). The van der Waals surface area contributed by atoms with E-state index in [1.165, 1.54) is 10.4 Å². The van der Waals surface area contributed by atoms with Crippen LogP contribution in [0.25, 0.3) is 0 Å². The molecule has 2 fully saturated rings. The summed E-state index contributed by atoms with van der Waals surface area (Å²) >= 11 is 5.73. The second-order valence-corrected chi connectivity index (χ2v) is 10.2. The van der Waals surface area contributed by atoms with Crippen LogP contribution < -0.4 is 0 Å². The van der Waals surface area contributed by atoms with Crippen molar-refractivity contribution in [1.29, 1.82) is 0 Å². The number of amides is 2. The number of nitrogens with zero attached hydrogens (tertiary/aromatic N) is 3. The Labute approximate surface area is 191 Å². The van der Waals surface area contributed by atoms with Crippen LogP contribution in [0.2, 0.25) is 5.02 Å². The lowest BCUT2D eigenvalue weighted by molar-refractivity contribution is -0.128. The topological polar surface area (TPSA) is 78.0 Å². The molecule has 0 bridgehead atoms. The molecule has 2 aliphatic rings. The van der Waals surface area contributed by atoms with Gasteiger partial charge in [-0.3, -0.25) is 9.59 Å². The molecule has 2 amide bonds. The minimum atomic E-state index is -3.83. The van der Waals surface area contributed by atoms with Crippen LogP contribution in [0, 0.1) is 5.82 Å². The summed E-state index contributed by atoms with van der Waals surface area (Å²) in [6, 6.07) is 10.5. The lowest BCUT2D eigenvalue weighted by atomic mass is 10.1. The number of benzene rings is 2.